The van der Waals surface area contributed by atoms with Gasteiger partial charge in [0.25, 0.3) is 0 Å². The Balaban J connectivity index is 1.78. The molecular weight excluding hydrogens is 408 g/mol. The Kier molecular flexibility index (Phi) is 5.09. The van der Waals surface area contributed by atoms with Crippen LogP contribution in [0.5, 0.6) is 0 Å². The fourth-order valence-electron chi connectivity index (χ4n) is 3.04. The van der Waals surface area contributed by atoms with Gasteiger partial charge in [-0.25, -0.2) is 9.19 Å². The van der Waals surface area contributed by atoms with E-state index in [1.54, 1.807) is 6.07 Å². The van der Waals surface area contributed by atoms with Crippen molar-refractivity contribution in [2.24, 2.45) is 12.8 Å². The molecule has 0 aliphatic rings. The summed E-state index contributed by atoms with van der Waals surface area (Å²) in [6.07, 6.45) is 1.94. The lowest BCUT2D eigenvalue weighted by Gasteiger charge is -2.06. The zero-order valence-electron chi connectivity index (χ0n) is 15.3. The second kappa shape index (κ2) is 7.54. The van der Waals surface area contributed by atoms with Gasteiger partial charge in [0.15, 0.2) is 0 Å². The van der Waals surface area contributed by atoms with Crippen molar-refractivity contribution in [3.8, 4) is 11.4 Å². The highest BCUT2D eigenvalue weighted by molar-refractivity contribution is 8.01. The van der Waals surface area contributed by atoms with Crippen LogP contribution in [0.3, 0.4) is 0 Å². The van der Waals surface area contributed by atoms with E-state index in [0.717, 1.165) is 26.6 Å². The normalized spacial score (nSPS) is 12.4. The molecule has 2 aromatic carbocycles. The Morgan fingerprint density at radius 3 is 2.71 bits per heavy atom. The highest BCUT2D eigenvalue weighted by Crippen LogP contribution is 2.35. The minimum absolute atomic E-state index is 0.00278. The first kappa shape index (κ1) is 18.9. The first-order valence-corrected chi connectivity index (χ1v) is 11.6. The molecule has 4 aromatic rings. The molecule has 0 bridgehead atoms. The molecule has 0 aliphatic carbocycles. The fraction of sp³-hybridized carbons (Fsp3) is 0.100. The molecule has 8 heteroatoms. The third-order valence-electron chi connectivity index (χ3n) is 4.41. The Labute approximate surface area is 173 Å². The molecule has 1 atom stereocenters. The number of hydrogen-bond acceptors (Lipinski definition) is 5. The molecule has 2 aromatic heterocycles. The molecule has 0 aliphatic heterocycles. The molecule has 3 N–H and O–H groups in total. The lowest BCUT2D eigenvalue weighted by molar-refractivity contribution is 0.682. The van der Waals surface area contributed by atoms with Crippen molar-refractivity contribution >= 4 is 50.8 Å². The van der Waals surface area contributed by atoms with Gasteiger partial charge in [0.2, 0.25) is 0 Å². The van der Waals surface area contributed by atoms with Crippen molar-refractivity contribution in [3.63, 3.8) is 0 Å². The van der Waals surface area contributed by atoms with Gasteiger partial charge >= 0.3 is 0 Å². The average Bonchev–Trinajstić information content (AvgIpc) is 3.29. The van der Waals surface area contributed by atoms with E-state index in [4.69, 9.17) is 16.1 Å². The van der Waals surface area contributed by atoms with Crippen LogP contribution in [0.2, 0.25) is 0 Å². The maximum absolute atomic E-state index is 13.3. The largest absolute Gasteiger partial charge is 0.383 e. The minimum Gasteiger partial charge on any atom is -0.383 e. The number of fused-ring (bicyclic) bond motifs is 1. The number of nitrogens with two attached hydrogens (primary N) is 1. The molecule has 142 valence electrons. The molecule has 0 saturated heterocycles. The van der Waals surface area contributed by atoms with Gasteiger partial charge in [-0.1, -0.05) is 24.3 Å². The predicted molar refractivity (Wildman–Crippen MR) is 118 cm³/mol. The van der Waals surface area contributed by atoms with Crippen LogP contribution >= 0.6 is 23.1 Å². The SMILES string of the molecule is CSc1sc(C(=N)N)cc1S(=O)c1cccc(-c2nc3ccccc3n2C)c1. The minimum atomic E-state index is -1.36. The second-order valence-corrected chi connectivity index (χ2v) is 9.74. The summed E-state index contributed by atoms with van der Waals surface area (Å²) in [6, 6.07) is 17.4. The molecule has 2 heterocycles. The summed E-state index contributed by atoms with van der Waals surface area (Å²) >= 11 is 2.92. The summed E-state index contributed by atoms with van der Waals surface area (Å²) < 4.78 is 16.2. The molecule has 4 rings (SSSR count). The number of nitrogens with zero attached hydrogens (tertiary/aromatic N) is 2. The van der Waals surface area contributed by atoms with Gasteiger partial charge in [-0.3, -0.25) is 5.41 Å². The number of thioether (sulfide) groups is 1. The van der Waals surface area contributed by atoms with E-state index in [9.17, 15) is 4.21 Å². The number of benzene rings is 2. The van der Waals surface area contributed by atoms with Crippen LogP contribution in [0.4, 0.5) is 0 Å². The highest BCUT2D eigenvalue weighted by Gasteiger charge is 2.18. The van der Waals surface area contributed by atoms with Gasteiger partial charge in [-0.05, 0) is 36.6 Å². The van der Waals surface area contributed by atoms with E-state index < -0.39 is 10.8 Å². The Morgan fingerprint density at radius 2 is 2.00 bits per heavy atom. The van der Waals surface area contributed by atoms with Crippen molar-refractivity contribution in [1.82, 2.24) is 9.55 Å². The molecular formula is C20H18N4OS3. The summed E-state index contributed by atoms with van der Waals surface area (Å²) in [7, 11) is 0.622. The van der Waals surface area contributed by atoms with Gasteiger partial charge < -0.3 is 10.3 Å². The first-order valence-electron chi connectivity index (χ1n) is 8.45. The van der Waals surface area contributed by atoms with Crippen molar-refractivity contribution in [2.45, 2.75) is 14.0 Å². The number of thiophene rings is 1. The lowest BCUT2D eigenvalue weighted by Crippen LogP contribution is -2.08. The second-order valence-electron chi connectivity index (χ2n) is 6.16. The number of rotatable bonds is 5. The zero-order chi connectivity index (χ0) is 19.8. The smallest absolute Gasteiger partial charge is 0.140 e. The van der Waals surface area contributed by atoms with Crippen molar-refractivity contribution in [2.75, 3.05) is 6.26 Å². The third-order valence-corrected chi connectivity index (χ3v) is 8.38. The summed E-state index contributed by atoms with van der Waals surface area (Å²) in [6.45, 7) is 0. The molecule has 1 unspecified atom stereocenters. The van der Waals surface area contributed by atoms with Crippen LogP contribution in [-0.2, 0) is 17.8 Å². The summed E-state index contributed by atoms with van der Waals surface area (Å²) in [5, 5.41) is 7.66. The topological polar surface area (TPSA) is 84.8 Å². The third kappa shape index (κ3) is 3.28. The number of aryl methyl sites for hydroxylation is 1. The number of amidine groups is 1. The number of nitrogens with one attached hydrogen (secondary N) is 1. The molecule has 28 heavy (non-hydrogen) atoms. The molecule has 0 spiro atoms. The zero-order valence-corrected chi connectivity index (χ0v) is 17.8. The van der Waals surface area contributed by atoms with Crippen LogP contribution in [-0.4, -0.2) is 25.9 Å². The standard InChI is InChI=1S/C20H18N4OS3/c1-24-15-9-4-3-8-14(15)23-19(24)12-6-5-7-13(10-12)28(25)17-11-16(18(21)22)27-20(17)26-2/h3-11H,1-2H3,(H3,21,22). The van der Waals surface area contributed by atoms with Gasteiger partial charge in [-0.15, -0.1) is 23.1 Å². The van der Waals surface area contributed by atoms with Crippen molar-refractivity contribution in [1.29, 1.82) is 5.41 Å². The maximum Gasteiger partial charge on any atom is 0.140 e. The quantitative estimate of drug-likeness (QED) is 0.280. The van der Waals surface area contributed by atoms with E-state index in [2.05, 4.69) is 0 Å². The van der Waals surface area contributed by atoms with Crippen molar-refractivity contribution in [3.05, 3.63) is 59.5 Å². The summed E-state index contributed by atoms with van der Waals surface area (Å²) in [5.74, 6) is 0.830. The first-order chi connectivity index (χ1) is 13.5. The summed E-state index contributed by atoms with van der Waals surface area (Å²) in [5.41, 5.74) is 8.52. The average molecular weight is 427 g/mol. The monoisotopic (exact) mass is 426 g/mol. The van der Waals surface area contributed by atoms with Crippen LogP contribution in [0.1, 0.15) is 4.88 Å². The predicted octanol–water partition coefficient (Wildman–Crippen LogP) is 4.47. The lowest BCUT2D eigenvalue weighted by atomic mass is 10.2. The Morgan fingerprint density at radius 1 is 1.21 bits per heavy atom. The van der Waals surface area contributed by atoms with E-state index in [1.165, 1.54) is 23.1 Å². The van der Waals surface area contributed by atoms with Crippen LogP contribution in [0.15, 0.2) is 68.6 Å². The number of imidazole rings is 1. The van der Waals surface area contributed by atoms with Gasteiger partial charge in [0.05, 0.1) is 35.8 Å². The maximum atomic E-state index is 13.3. The fourth-order valence-corrected chi connectivity index (χ4v) is 6.52. The summed E-state index contributed by atoms with van der Waals surface area (Å²) in [4.78, 5) is 6.77. The number of hydrogen-bond donors (Lipinski definition) is 2. The molecule has 0 saturated carbocycles. The number of aromatic nitrogens is 2. The van der Waals surface area contributed by atoms with Gasteiger partial charge in [0, 0.05) is 17.5 Å². The van der Waals surface area contributed by atoms with Crippen LogP contribution in [0, 0.1) is 5.41 Å². The van der Waals surface area contributed by atoms with Crippen LogP contribution in [0.25, 0.3) is 22.4 Å². The highest BCUT2D eigenvalue weighted by atomic mass is 32.2. The van der Waals surface area contributed by atoms with Crippen molar-refractivity contribution < 1.29 is 4.21 Å². The molecule has 0 amide bonds. The number of para-hydroxylation sites is 2. The number of nitrogen functional groups attached to an aromatic ring is 1. The van der Waals surface area contributed by atoms with Gasteiger partial charge in [-0.2, -0.15) is 0 Å². The van der Waals surface area contributed by atoms with E-state index in [1.807, 2.05) is 66.4 Å². The molecule has 0 fully saturated rings. The van der Waals surface area contributed by atoms with E-state index >= 15 is 0 Å². The van der Waals surface area contributed by atoms with E-state index in [-0.39, 0.29) is 5.84 Å². The van der Waals surface area contributed by atoms with Gasteiger partial charge in [0.1, 0.15) is 11.7 Å². The molecule has 5 nitrogen and oxygen atoms in total. The van der Waals surface area contributed by atoms with E-state index in [0.29, 0.717) is 14.7 Å². The molecule has 0 radical (unpaired) electrons. The van der Waals surface area contributed by atoms with Crippen LogP contribution < -0.4 is 5.73 Å². The Bertz CT molecular complexity index is 1230. The Hall–Kier alpha value is -2.42.